The van der Waals surface area contributed by atoms with E-state index in [1.807, 2.05) is 13.0 Å². The standard InChI is InChI=1S/C16H21N3O3S2/c1-2-3-6-10(15(21)22)17-13(20)11-9-12-14(23-11)18-16(24-12)19-7-4-5-8-19/h9-10H,2-8H2,1H3,(H,17,20)(H,21,22). The van der Waals surface area contributed by atoms with Gasteiger partial charge in [-0.15, -0.1) is 11.3 Å². The predicted molar refractivity (Wildman–Crippen MR) is 97.4 cm³/mol. The van der Waals surface area contributed by atoms with Gasteiger partial charge >= 0.3 is 5.97 Å². The van der Waals surface area contributed by atoms with Crippen molar-refractivity contribution in [3.8, 4) is 0 Å². The molecule has 1 atom stereocenters. The summed E-state index contributed by atoms with van der Waals surface area (Å²) in [5.74, 6) is -1.30. The van der Waals surface area contributed by atoms with E-state index in [1.54, 1.807) is 11.3 Å². The highest BCUT2D eigenvalue weighted by atomic mass is 32.1. The van der Waals surface area contributed by atoms with Crippen molar-refractivity contribution >= 4 is 49.2 Å². The first-order valence-corrected chi connectivity index (χ1v) is 9.90. The second-order valence-corrected chi connectivity index (χ2v) is 8.02. The zero-order chi connectivity index (χ0) is 17.1. The molecule has 1 fully saturated rings. The number of thiophene rings is 1. The fraction of sp³-hybridized carbons (Fsp3) is 0.562. The van der Waals surface area contributed by atoms with E-state index < -0.39 is 12.0 Å². The number of anilines is 1. The maximum absolute atomic E-state index is 12.3. The monoisotopic (exact) mass is 367 g/mol. The lowest BCUT2D eigenvalue weighted by atomic mass is 10.1. The largest absolute Gasteiger partial charge is 0.480 e. The molecular formula is C16H21N3O3S2. The molecule has 0 aromatic carbocycles. The number of carbonyl (C=O) groups excluding carboxylic acids is 1. The van der Waals surface area contributed by atoms with Crippen molar-refractivity contribution in [2.45, 2.75) is 45.1 Å². The molecule has 3 rings (SSSR count). The Hall–Kier alpha value is -1.67. The van der Waals surface area contributed by atoms with Gasteiger partial charge in [0.25, 0.3) is 5.91 Å². The van der Waals surface area contributed by atoms with Gasteiger partial charge < -0.3 is 15.3 Å². The van der Waals surface area contributed by atoms with Gasteiger partial charge in [-0.3, -0.25) is 4.79 Å². The van der Waals surface area contributed by atoms with Gasteiger partial charge in [0.2, 0.25) is 0 Å². The lowest BCUT2D eigenvalue weighted by Crippen LogP contribution is -2.40. The number of aliphatic carboxylic acids is 1. The van der Waals surface area contributed by atoms with E-state index in [4.69, 9.17) is 0 Å². The molecule has 0 radical (unpaired) electrons. The molecule has 6 nitrogen and oxygen atoms in total. The van der Waals surface area contributed by atoms with E-state index in [-0.39, 0.29) is 5.91 Å². The Morgan fingerprint density at radius 1 is 1.38 bits per heavy atom. The van der Waals surface area contributed by atoms with E-state index in [2.05, 4.69) is 15.2 Å². The van der Waals surface area contributed by atoms with Crippen LogP contribution in [0.5, 0.6) is 0 Å². The molecule has 1 saturated heterocycles. The summed E-state index contributed by atoms with van der Waals surface area (Å²) in [6, 6.07) is 0.997. The molecule has 0 spiro atoms. The van der Waals surface area contributed by atoms with Crippen LogP contribution in [-0.2, 0) is 4.79 Å². The number of nitrogens with zero attached hydrogens (tertiary/aromatic N) is 2. The minimum atomic E-state index is -0.982. The summed E-state index contributed by atoms with van der Waals surface area (Å²) in [5.41, 5.74) is 0. The van der Waals surface area contributed by atoms with Crippen molar-refractivity contribution in [3.63, 3.8) is 0 Å². The number of unbranched alkanes of at least 4 members (excludes halogenated alkanes) is 1. The number of rotatable bonds is 7. The number of hydrogen-bond acceptors (Lipinski definition) is 6. The molecule has 2 aromatic rings. The Balaban J connectivity index is 1.70. The minimum Gasteiger partial charge on any atom is -0.480 e. The average molecular weight is 367 g/mol. The third-order valence-electron chi connectivity index (χ3n) is 4.13. The zero-order valence-electron chi connectivity index (χ0n) is 13.6. The summed E-state index contributed by atoms with van der Waals surface area (Å²) < 4.78 is 0.993. The normalized spacial score (nSPS) is 15.8. The third kappa shape index (κ3) is 3.70. The van der Waals surface area contributed by atoms with Crippen LogP contribution in [0.3, 0.4) is 0 Å². The minimum absolute atomic E-state index is 0.323. The number of carboxylic acids is 1. The van der Waals surface area contributed by atoms with Gasteiger partial charge in [0.05, 0.1) is 9.58 Å². The molecule has 1 unspecified atom stereocenters. The lowest BCUT2D eigenvalue weighted by molar-refractivity contribution is -0.139. The molecule has 1 amide bonds. The van der Waals surface area contributed by atoms with Crippen molar-refractivity contribution in [2.24, 2.45) is 0 Å². The molecule has 1 aliphatic rings. The van der Waals surface area contributed by atoms with Crippen LogP contribution < -0.4 is 10.2 Å². The highest BCUT2D eigenvalue weighted by Crippen LogP contribution is 2.35. The topological polar surface area (TPSA) is 82.5 Å². The Labute approximate surface area is 148 Å². The molecular weight excluding hydrogens is 346 g/mol. The smallest absolute Gasteiger partial charge is 0.326 e. The van der Waals surface area contributed by atoms with Crippen molar-refractivity contribution in [1.29, 1.82) is 0 Å². The van der Waals surface area contributed by atoms with Gasteiger partial charge in [0.1, 0.15) is 10.9 Å². The number of aromatic nitrogens is 1. The zero-order valence-corrected chi connectivity index (χ0v) is 15.2. The van der Waals surface area contributed by atoms with Crippen LogP contribution >= 0.6 is 22.7 Å². The van der Waals surface area contributed by atoms with Crippen molar-refractivity contribution in [2.75, 3.05) is 18.0 Å². The molecule has 2 N–H and O–H groups in total. The molecule has 2 aromatic heterocycles. The quantitative estimate of drug-likeness (QED) is 0.784. The highest BCUT2D eigenvalue weighted by molar-refractivity contribution is 7.29. The van der Waals surface area contributed by atoms with Gasteiger partial charge in [-0.05, 0) is 25.3 Å². The van der Waals surface area contributed by atoms with Crippen LogP contribution in [0.1, 0.15) is 48.7 Å². The van der Waals surface area contributed by atoms with Gasteiger partial charge in [-0.2, -0.15) is 0 Å². The third-order valence-corrected chi connectivity index (χ3v) is 6.35. The molecule has 1 aliphatic heterocycles. The van der Waals surface area contributed by atoms with E-state index in [0.29, 0.717) is 11.3 Å². The molecule has 8 heteroatoms. The Kier molecular flexibility index (Phi) is 5.35. The Bertz CT molecular complexity index is 703. The molecule has 3 heterocycles. The molecule has 0 aliphatic carbocycles. The second-order valence-electron chi connectivity index (χ2n) is 5.98. The maximum atomic E-state index is 12.3. The van der Waals surface area contributed by atoms with Crippen LogP contribution in [-0.4, -0.2) is 41.1 Å². The second kappa shape index (κ2) is 7.48. The van der Waals surface area contributed by atoms with Gasteiger partial charge in [0, 0.05) is 13.1 Å². The number of fused-ring (bicyclic) bond motifs is 1. The van der Waals surface area contributed by atoms with E-state index >= 15 is 0 Å². The van der Waals surface area contributed by atoms with Gasteiger partial charge in [-0.25, -0.2) is 9.78 Å². The number of nitrogens with one attached hydrogen (secondary N) is 1. The SMILES string of the molecule is CCCCC(NC(=O)c1cc2sc(N3CCCC3)nc2s1)C(=O)O. The Morgan fingerprint density at radius 3 is 2.75 bits per heavy atom. The van der Waals surface area contributed by atoms with Crippen LogP contribution in [0.2, 0.25) is 0 Å². The maximum Gasteiger partial charge on any atom is 0.326 e. The fourth-order valence-electron chi connectivity index (χ4n) is 2.77. The number of carboxylic acid groups (broad SMARTS) is 1. The van der Waals surface area contributed by atoms with Crippen molar-refractivity contribution in [3.05, 3.63) is 10.9 Å². The molecule has 0 saturated carbocycles. The summed E-state index contributed by atoms with van der Waals surface area (Å²) in [4.78, 5) is 31.9. The van der Waals surface area contributed by atoms with Crippen LogP contribution in [0.25, 0.3) is 9.53 Å². The summed E-state index contributed by atoms with van der Waals surface area (Å²) in [7, 11) is 0. The highest BCUT2D eigenvalue weighted by Gasteiger charge is 2.23. The molecule has 130 valence electrons. The van der Waals surface area contributed by atoms with Gasteiger partial charge in [0.15, 0.2) is 5.13 Å². The fourth-order valence-corrected chi connectivity index (χ4v) is 4.94. The number of carbonyl (C=O) groups is 2. The van der Waals surface area contributed by atoms with Crippen molar-refractivity contribution < 1.29 is 14.7 Å². The van der Waals surface area contributed by atoms with Crippen molar-refractivity contribution in [1.82, 2.24) is 10.3 Å². The number of thiazole rings is 1. The summed E-state index contributed by atoms with van der Waals surface area (Å²) in [6.45, 7) is 4.09. The number of hydrogen-bond donors (Lipinski definition) is 2. The van der Waals surface area contributed by atoms with E-state index in [1.165, 1.54) is 24.2 Å². The van der Waals surface area contributed by atoms with Gasteiger partial charge in [-0.1, -0.05) is 31.1 Å². The van der Waals surface area contributed by atoms with Crippen LogP contribution in [0.15, 0.2) is 6.07 Å². The average Bonchev–Trinajstić information content (AvgIpc) is 3.24. The predicted octanol–water partition coefficient (Wildman–Crippen LogP) is 3.33. The summed E-state index contributed by atoms with van der Waals surface area (Å²) in [5, 5.41) is 12.9. The summed E-state index contributed by atoms with van der Waals surface area (Å²) >= 11 is 2.93. The Morgan fingerprint density at radius 2 is 2.12 bits per heavy atom. The first-order valence-electron chi connectivity index (χ1n) is 8.27. The number of amides is 1. The first kappa shape index (κ1) is 17.2. The van der Waals surface area contributed by atoms with E-state index in [0.717, 1.165) is 40.6 Å². The summed E-state index contributed by atoms with van der Waals surface area (Å²) in [6.07, 6.45) is 4.54. The van der Waals surface area contributed by atoms with Crippen LogP contribution in [0, 0.1) is 0 Å². The lowest BCUT2D eigenvalue weighted by Gasteiger charge is -2.13. The van der Waals surface area contributed by atoms with Crippen LogP contribution in [0.4, 0.5) is 5.13 Å². The molecule has 24 heavy (non-hydrogen) atoms. The molecule has 0 bridgehead atoms. The van der Waals surface area contributed by atoms with E-state index in [9.17, 15) is 14.7 Å². The first-order chi connectivity index (χ1) is 11.6.